The maximum absolute atomic E-state index is 11.2. The lowest BCUT2D eigenvalue weighted by molar-refractivity contribution is 0.100. The van der Waals surface area contributed by atoms with Crippen LogP contribution in [0.5, 0.6) is 0 Å². The molecular weight excluding hydrogens is 258 g/mol. The number of primary amides is 1. The number of hydrogen-bond donors (Lipinski definition) is 2. The zero-order chi connectivity index (χ0) is 11.0. The molecule has 1 heterocycles. The highest BCUT2D eigenvalue weighted by Gasteiger charge is 2.26. The van der Waals surface area contributed by atoms with Gasteiger partial charge in [0.05, 0.1) is 5.56 Å². The van der Waals surface area contributed by atoms with Crippen LogP contribution >= 0.6 is 15.9 Å². The molecule has 15 heavy (non-hydrogen) atoms. The van der Waals surface area contributed by atoms with Gasteiger partial charge in [-0.05, 0) is 18.2 Å². The Labute approximate surface area is 96.4 Å². The van der Waals surface area contributed by atoms with E-state index in [4.69, 9.17) is 11.5 Å². The van der Waals surface area contributed by atoms with Crippen molar-refractivity contribution in [1.82, 2.24) is 0 Å². The summed E-state index contributed by atoms with van der Waals surface area (Å²) in [6.07, 6.45) is 0. The SMILES string of the molecule is NC(=O)c1cc(Br)ccc1N1CC(N)C1. The predicted octanol–water partition coefficient (Wildman–Crippen LogP) is 0.695. The van der Waals surface area contributed by atoms with Crippen LogP contribution in [0.4, 0.5) is 5.69 Å². The van der Waals surface area contributed by atoms with Crippen LogP contribution in [-0.4, -0.2) is 25.0 Å². The monoisotopic (exact) mass is 269 g/mol. The Balaban J connectivity index is 2.34. The smallest absolute Gasteiger partial charge is 0.250 e. The Morgan fingerprint density at radius 1 is 1.47 bits per heavy atom. The molecule has 0 aromatic heterocycles. The van der Waals surface area contributed by atoms with Crippen molar-refractivity contribution in [3.8, 4) is 0 Å². The summed E-state index contributed by atoms with van der Waals surface area (Å²) in [6, 6.07) is 5.72. The fourth-order valence-electron chi connectivity index (χ4n) is 1.69. The lowest BCUT2D eigenvalue weighted by Gasteiger charge is -2.39. The van der Waals surface area contributed by atoms with Crippen molar-refractivity contribution >= 4 is 27.5 Å². The molecule has 80 valence electrons. The molecule has 4 nitrogen and oxygen atoms in total. The van der Waals surface area contributed by atoms with Gasteiger partial charge in [-0.1, -0.05) is 15.9 Å². The summed E-state index contributed by atoms with van der Waals surface area (Å²) >= 11 is 3.31. The Kier molecular flexibility index (Phi) is 2.67. The van der Waals surface area contributed by atoms with E-state index in [9.17, 15) is 4.79 Å². The summed E-state index contributed by atoms with van der Waals surface area (Å²) in [6.45, 7) is 1.56. The molecule has 4 N–H and O–H groups in total. The Bertz CT molecular complexity index is 402. The quantitative estimate of drug-likeness (QED) is 0.830. The zero-order valence-corrected chi connectivity index (χ0v) is 9.70. The molecule has 0 aliphatic carbocycles. The molecular formula is C10H12BrN3O. The summed E-state index contributed by atoms with van der Waals surface area (Å²) in [4.78, 5) is 13.3. The molecule has 1 aliphatic rings. The lowest BCUT2D eigenvalue weighted by Crippen LogP contribution is -2.56. The molecule has 1 aromatic carbocycles. The van der Waals surface area contributed by atoms with E-state index in [2.05, 4.69) is 20.8 Å². The minimum atomic E-state index is -0.410. The first kappa shape index (κ1) is 10.4. The van der Waals surface area contributed by atoms with Crippen LogP contribution in [-0.2, 0) is 0 Å². The second-order valence-electron chi connectivity index (χ2n) is 3.69. The third-order valence-electron chi connectivity index (χ3n) is 2.47. The molecule has 0 spiro atoms. The number of carbonyl (C=O) groups is 1. The van der Waals surface area contributed by atoms with Gasteiger partial charge in [-0.3, -0.25) is 4.79 Å². The first-order valence-electron chi connectivity index (χ1n) is 4.68. The van der Waals surface area contributed by atoms with Crippen molar-refractivity contribution < 1.29 is 4.79 Å². The first-order valence-corrected chi connectivity index (χ1v) is 5.47. The Hall–Kier alpha value is -1.07. The number of hydrogen-bond acceptors (Lipinski definition) is 3. The largest absolute Gasteiger partial charge is 0.368 e. The molecule has 0 radical (unpaired) electrons. The first-order chi connectivity index (χ1) is 7.08. The van der Waals surface area contributed by atoms with Crippen LogP contribution in [0.1, 0.15) is 10.4 Å². The van der Waals surface area contributed by atoms with Gasteiger partial charge >= 0.3 is 0 Å². The maximum Gasteiger partial charge on any atom is 0.250 e. The minimum Gasteiger partial charge on any atom is -0.368 e. The number of nitrogens with two attached hydrogens (primary N) is 2. The van der Waals surface area contributed by atoms with E-state index in [1.54, 1.807) is 6.07 Å². The van der Waals surface area contributed by atoms with Gasteiger partial charge < -0.3 is 16.4 Å². The van der Waals surface area contributed by atoms with Crippen molar-refractivity contribution in [2.24, 2.45) is 11.5 Å². The number of amides is 1. The van der Waals surface area contributed by atoms with E-state index in [0.717, 1.165) is 23.2 Å². The minimum absolute atomic E-state index is 0.203. The lowest BCUT2D eigenvalue weighted by atomic mass is 10.1. The molecule has 0 saturated carbocycles. The van der Waals surface area contributed by atoms with E-state index < -0.39 is 5.91 Å². The fraction of sp³-hybridized carbons (Fsp3) is 0.300. The molecule has 0 unspecified atom stereocenters. The van der Waals surface area contributed by atoms with E-state index in [-0.39, 0.29) is 6.04 Å². The summed E-state index contributed by atoms with van der Waals surface area (Å²) in [7, 11) is 0. The maximum atomic E-state index is 11.2. The molecule has 1 aliphatic heterocycles. The highest BCUT2D eigenvalue weighted by Crippen LogP contribution is 2.27. The summed E-state index contributed by atoms with van der Waals surface area (Å²) < 4.78 is 0.852. The number of nitrogens with zero attached hydrogens (tertiary/aromatic N) is 1. The van der Waals surface area contributed by atoms with Crippen LogP contribution in [0, 0.1) is 0 Å². The molecule has 1 amide bonds. The van der Waals surface area contributed by atoms with Crippen molar-refractivity contribution in [1.29, 1.82) is 0 Å². The zero-order valence-electron chi connectivity index (χ0n) is 8.11. The number of halogens is 1. The van der Waals surface area contributed by atoms with Crippen LogP contribution in [0.25, 0.3) is 0 Å². The highest BCUT2D eigenvalue weighted by molar-refractivity contribution is 9.10. The second-order valence-corrected chi connectivity index (χ2v) is 4.61. The van der Waals surface area contributed by atoms with Gasteiger partial charge in [0, 0.05) is 29.3 Å². The Morgan fingerprint density at radius 2 is 2.13 bits per heavy atom. The van der Waals surface area contributed by atoms with Crippen LogP contribution < -0.4 is 16.4 Å². The Morgan fingerprint density at radius 3 is 2.67 bits per heavy atom. The average Bonchev–Trinajstić information content (AvgIpc) is 2.13. The molecule has 0 atom stereocenters. The third-order valence-corrected chi connectivity index (χ3v) is 2.97. The van der Waals surface area contributed by atoms with Crippen LogP contribution in [0.3, 0.4) is 0 Å². The summed E-state index contributed by atoms with van der Waals surface area (Å²) in [5.41, 5.74) is 12.4. The van der Waals surface area contributed by atoms with E-state index in [1.165, 1.54) is 0 Å². The molecule has 1 fully saturated rings. The van der Waals surface area contributed by atoms with Crippen LogP contribution in [0.2, 0.25) is 0 Å². The normalized spacial score (nSPS) is 16.3. The van der Waals surface area contributed by atoms with E-state index in [1.807, 2.05) is 12.1 Å². The topological polar surface area (TPSA) is 72.4 Å². The summed E-state index contributed by atoms with van der Waals surface area (Å²) in [5.74, 6) is -0.410. The van der Waals surface area contributed by atoms with Gasteiger partial charge in [0.1, 0.15) is 0 Å². The second kappa shape index (κ2) is 3.83. The van der Waals surface area contributed by atoms with Crippen LogP contribution in [0.15, 0.2) is 22.7 Å². The van der Waals surface area contributed by atoms with Gasteiger partial charge in [0.15, 0.2) is 0 Å². The number of anilines is 1. The van der Waals surface area contributed by atoms with Gasteiger partial charge in [-0.15, -0.1) is 0 Å². The molecule has 2 rings (SSSR count). The van der Waals surface area contributed by atoms with Gasteiger partial charge in [0.25, 0.3) is 5.91 Å². The average molecular weight is 270 g/mol. The molecule has 1 saturated heterocycles. The van der Waals surface area contributed by atoms with E-state index >= 15 is 0 Å². The molecule has 1 aromatic rings. The fourth-order valence-corrected chi connectivity index (χ4v) is 2.05. The van der Waals surface area contributed by atoms with Crippen molar-refractivity contribution in [3.05, 3.63) is 28.2 Å². The number of rotatable bonds is 2. The molecule has 0 bridgehead atoms. The number of benzene rings is 1. The standard InChI is InChI=1S/C10H12BrN3O/c11-6-1-2-9(8(3-6)10(13)15)14-4-7(12)5-14/h1-3,7H,4-5,12H2,(H2,13,15). The van der Waals surface area contributed by atoms with Gasteiger partial charge in [-0.25, -0.2) is 0 Å². The number of carbonyl (C=O) groups excluding carboxylic acids is 1. The van der Waals surface area contributed by atoms with Crippen molar-refractivity contribution in [3.63, 3.8) is 0 Å². The van der Waals surface area contributed by atoms with E-state index in [0.29, 0.717) is 5.56 Å². The highest BCUT2D eigenvalue weighted by atomic mass is 79.9. The van der Waals surface area contributed by atoms with Crippen molar-refractivity contribution in [2.75, 3.05) is 18.0 Å². The summed E-state index contributed by atoms with van der Waals surface area (Å²) in [5, 5.41) is 0. The third kappa shape index (κ3) is 1.98. The molecule has 5 heteroatoms. The van der Waals surface area contributed by atoms with Gasteiger partial charge in [-0.2, -0.15) is 0 Å². The van der Waals surface area contributed by atoms with Gasteiger partial charge in [0.2, 0.25) is 0 Å². The predicted molar refractivity (Wildman–Crippen MR) is 62.8 cm³/mol. The van der Waals surface area contributed by atoms with Crippen molar-refractivity contribution in [2.45, 2.75) is 6.04 Å².